The van der Waals surface area contributed by atoms with Gasteiger partial charge in [0.05, 0.1) is 12.6 Å². The summed E-state index contributed by atoms with van der Waals surface area (Å²) in [6.07, 6.45) is 1.76. The number of carbonyl (C=O) groups excluding carboxylic acids is 1. The van der Waals surface area contributed by atoms with Gasteiger partial charge < -0.3 is 15.5 Å². The first-order valence-electron chi connectivity index (χ1n) is 4.18. The summed E-state index contributed by atoms with van der Waals surface area (Å²) >= 11 is 0. The molecular weight excluding hydrogens is 180 g/mol. The molecule has 0 aliphatic heterocycles. The van der Waals surface area contributed by atoms with Crippen molar-refractivity contribution >= 4 is 22.6 Å². The van der Waals surface area contributed by atoms with Crippen LogP contribution in [0.3, 0.4) is 0 Å². The molecule has 0 radical (unpaired) electrons. The van der Waals surface area contributed by atoms with Crippen molar-refractivity contribution in [3.8, 4) is 0 Å². The standard InChI is InChI=1S/C10H10N2O2/c1-14-10(13)8-7(11)3-2-6-4-5-12-9(6)8/h2-5,12H,11H2,1H3. The minimum Gasteiger partial charge on any atom is -0.465 e. The Kier molecular flexibility index (Phi) is 1.89. The van der Waals surface area contributed by atoms with Gasteiger partial charge in [-0.3, -0.25) is 0 Å². The number of rotatable bonds is 1. The summed E-state index contributed by atoms with van der Waals surface area (Å²) in [5.74, 6) is -0.421. The molecule has 1 aromatic carbocycles. The summed E-state index contributed by atoms with van der Waals surface area (Å²) in [4.78, 5) is 14.4. The number of nitrogens with two attached hydrogens (primary N) is 1. The fourth-order valence-electron chi connectivity index (χ4n) is 1.47. The van der Waals surface area contributed by atoms with Gasteiger partial charge in [0.1, 0.15) is 5.56 Å². The van der Waals surface area contributed by atoms with Crippen LogP contribution in [0.25, 0.3) is 10.9 Å². The number of ether oxygens (including phenoxy) is 1. The summed E-state index contributed by atoms with van der Waals surface area (Å²) in [5, 5.41) is 0.944. The minimum absolute atomic E-state index is 0.398. The highest BCUT2D eigenvalue weighted by Crippen LogP contribution is 2.23. The Morgan fingerprint density at radius 3 is 2.93 bits per heavy atom. The number of nitrogens with one attached hydrogen (secondary N) is 1. The monoisotopic (exact) mass is 190 g/mol. The third-order valence-electron chi connectivity index (χ3n) is 2.15. The third-order valence-corrected chi connectivity index (χ3v) is 2.15. The molecule has 0 fully saturated rings. The number of aromatic nitrogens is 1. The van der Waals surface area contributed by atoms with Crippen LogP contribution in [0, 0.1) is 0 Å². The Morgan fingerprint density at radius 2 is 2.21 bits per heavy atom. The number of aromatic amines is 1. The Bertz CT molecular complexity index is 488. The van der Waals surface area contributed by atoms with Gasteiger partial charge in [0.2, 0.25) is 0 Å². The number of esters is 1. The zero-order valence-corrected chi connectivity index (χ0v) is 7.70. The quantitative estimate of drug-likeness (QED) is 0.529. The van der Waals surface area contributed by atoms with Gasteiger partial charge in [0.15, 0.2) is 0 Å². The van der Waals surface area contributed by atoms with Gasteiger partial charge in [0, 0.05) is 17.3 Å². The fourth-order valence-corrected chi connectivity index (χ4v) is 1.47. The van der Waals surface area contributed by atoms with E-state index in [9.17, 15) is 4.79 Å². The van der Waals surface area contributed by atoms with E-state index in [1.807, 2.05) is 12.1 Å². The molecule has 0 spiro atoms. The van der Waals surface area contributed by atoms with E-state index in [1.165, 1.54) is 7.11 Å². The van der Waals surface area contributed by atoms with Crippen LogP contribution in [-0.2, 0) is 4.74 Å². The predicted octanol–water partition coefficient (Wildman–Crippen LogP) is 1.54. The number of nitrogen functional groups attached to an aromatic ring is 1. The zero-order chi connectivity index (χ0) is 10.1. The molecule has 0 aliphatic rings. The van der Waals surface area contributed by atoms with Gasteiger partial charge in [-0.15, -0.1) is 0 Å². The average molecular weight is 190 g/mol. The maximum Gasteiger partial charge on any atom is 0.342 e. The Hall–Kier alpha value is -1.97. The lowest BCUT2D eigenvalue weighted by Gasteiger charge is -2.04. The molecule has 0 bridgehead atoms. The van der Waals surface area contributed by atoms with E-state index in [-0.39, 0.29) is 0 Å². The van der Waals surface area contributed by atoms with E-state index in [1.54, 1.807) is 12.3 Å². The smallest absolute Gasteiger partial charge is 0.342 e. The van der Waals surface area contributed by atoms with Crippen molar-refractivity contribution in [1.29, 1.82) is 0 Å². The van der Waals surface area contributed by atoms with Gasteiger partial charge in [-0.05, 0) is 12.1 Å². The van der Waals surface area contributed by atoms with Gasteiger partial charge in [-0.25, -0.2) is 4.79 Å². The second-order valence-electron chi connectivity index (χ2n) is 2.96. The number of methoxy groups -OCH3 is 1. The summed E-state index contributed by atoms with van der Waals surface area (Å²) in [7, 11) is 1.34. The second-order valence-corrected chi connectivity index (χ2v) is 2.96. The molecule has 72 valence electrons. The molecule has 4 heteroatoms. The molecule has 0 aliphatic carbocycles. The Morgan fingerprint density at radius 1 is 1.43 bits per heavy atom. The Balaban J connectivity index is 2.76. The molecular formula is C10H10N2O2. The maximum absolute atomic E-state index is 11.4. The summed E-state index contributed by atoms with van der Waals surface area (Å²) in [6, 6.07) is 5.43. The number of benzene rings is 1. The SMILES string of the molecule is COC(=O)c1c(N)ccc2cc[nH]c12. The van der Waals surface area contributed by atoms with E-state index in [4.69, 9.17) is 5.73 Å². The summed E-state index contributed by atoms with van der Waals surface area (Å²) in [5.41, 5.74) is 7.24. The van der Waals surface area contributed by atoms with Crippen LogP contribution in [0.1, 0.15) is 10.4 Å². The average Bonchev–Trinajstić information content (AvgIpc) is 2.64. The first-order valence-corrected chi connectivity index (χ1v) is 4.18. The highest BCUT2D eigenvalue weighted by Gasteiger charge is 2.14. The molecule has 0 atom stereocenters. The van der Waals surface area contributed by atoms with Crippen LogP contribution in [0.2, 0.25) is 0 Å². The molecule has 3 N–H and O–H groups in total. The largest absolute Gasteiger partial charge is 0.465 e. The van der Waals surface area contributed by atoms with Gasteiger partial charge in [-0.1, -0.05) is 6.07 Å². The molecule has 0 saturated carbocycles. The van der Waals surface area contributed by atoms with E-state index >= 15 is 0 Å². The number of carbonyl (C=O) groups is 1. The van der Waals surface area contributed by atoms with E-state index in [2.05, 4.69) is 9.72 Å². The molecule has 1 aromatic heterocycles. The lowest BCUT2D eigenvalue weighted by Crippen LogP contribution is -2.06. The molecule has 0 saturated heterocycles. The lowest BCUT2D eigenvalue weighted by atomic mass is 10.1. The molecule has 0 unspecified atom stereocenters. The first-order chi connectivity index (χ1) is 6.74. The van der Waals surface area contributed by atoms with Crippen molar-refractivity contribution < 1.29 is 9.53 Å². The van der Waals surface area contributed by atoms with E-state index < -0.39 is 5.97 Å². The van der Waals surface area contributed by atoms with Crippen molar-refractivity contribution in [3.05, 3.63) is 30.0 Å². The minimum atomic E-state index is -0.421. The lowest BCUT2D eigenvalue weighted by molar-refractivity contribution is 0.0604. The van der Waals surface area contributed by atoms with E-state index in [0.29, 0.717) is 11.3 Å². The number of hydrogen-bond donors (Lipinski definition) is 2. The van der Waals surface area contributed by atoms with Crippen LogP contribution in [-0.4, -0.2) is 18.1 Å². The van der Waals surface area contributed by atoms with Crippen LogP contribution < -0.4 is 5.73 Å². The maximum atomic E-state index is 11.4. The Labute approximate surface area is 80.7 Å². The first kappa shape index (κ1) is 8.62. The molecule has 2 aromatic rings. The van der Waals surface area contributed by atoms with Crippen LogP contribution in [0.5, 0.6) is 0 Å². The van der Waals surface area contributed by atoms with Crippen LogP contribution >= 0.6 is 0 Å². The van der Waals surface area contributed by atoms with Crippen molar-refractivity contribution in [2.24, 2.45) is 0 Å². The van der Waals surface area contributed by atoms with Gasteiger partial charge >= 0.3 is 5.97 Å². The van der Waals surface area contributed by atoms with Crippen LogP contribution in [0.4, 0.5) is 5.69 Å². The number of hydrogen-bond acceptors (Lipinski definition) is 3. The predicted molar refractivity (Wildman–Crippen MR) is 54.1 cm³/mol. The number of fused-ring (bicyclic) bond motifs is 1. The topological polar surface area (TPSA) is 68.1 Å². The van der Waals surface area contributed by atoms with Gasteiger partial charge in [-0.2, -0.15) is 0 Å². The highest BCUT2D eigenvalue weighted by molar-refractivity contribution is 6.07. The summed E-state index contributed by atoms with van der Waals surface area (Å²) < 4.78 is 4.66. The van der Waals surface area contributed by atoms with E-state index in [0.717, 1.165) is 10.9 Å². The number of anilines is 1. The summed E-state index contributed by atoms with van der Waals surface area (Å²) in [6.45, 7) is 0. The zero-order valence-electron chi connectivity index (χ0n) is 7.70. The van der Waals surface area contributed by atoms with Gasteiger partial charge in [0.25, 0.3) is 0 Å². The van der Waals surface area contributed by atoms with Crippen molar-refractivity contribution in [3.63, 3.8) is 0 Å². The highest BCUT2D eigenvalue weighted by atomic mass is 16.5. The van der Waals surface area contributed by atoms with Crippen molar-refractivity contribution in [2.45, 2.75) is 0 Å². The number of H-pyrrole nitrogens is 1. The van der Waals surface area contributed by atoms with Crippen LogP contribution in [0.15, 0.2) is 24.4 Å². The molecule has 2 rings (SSSR count). The fraction of sp³-hybridized carbons (Fsp3) is 0.100. The molecule has 4 nitrogen and oxygen atoms in total. The normalized spacial score (nSPS) is 10.4. The second kappa shape index (κ2) is 3.06. The molecule has 14 heavy (non-hydrogen) atoms. The molecule has 0 amide bonds. The van der Waals surface area contributed by atoms with Crippen molar-refractivity contribution in [2.75, 3.05) is 12.8 Å². The van der Waals surface area contributed by atoms with Crippen molar-refractivity contribution in [1.82, 2.24) is 4.98 Å². The molecule has 1 heterocycles. The third kappa shape index (κ3) is 1.12.